The van der Waals surface area contributed by atoms with Gasteiger partial charge >= 0.3 is 6.03 Å². The van der Waals surface area contributed by atoms with Crippen molar-refractivity contribution in [1.82, 2.24) is 10.6 Å². The summed E-state index contributed by atoms with van der Waals surface area (Å²) in [5.41, 5.74) is 1.60. The Bertz CT molecular complexity index is 547. The van der Waals surface area contributed by atoms with Crippen LogP contribution in [0.4, 0.5) is 16.2 Å². The summed E-state index contributed by atoms with van der Waals surface area (Å²) in [4.78, 5) is 24.9. The number of nitrogens with one attached hydrogen (secondary N) is 3. The number of hydrogen-bond donors (Lipinski definition) is 3. The molecule has 1 aliphatic heterocycles. The van der Waals surface area contributed by atoms with Gasteiger partial charge in [0.2, 0.25) is 5.91 Å². The van der Waals surface area contributed by atoms with E-state index in [9.17, 15) is 9.59 Å². The Morgan fingerprint density at radius 1 is 1.32 bits per heavy atom. The van der Waals surface area contributed by atoms with Crippen LogP contribution in [0, 0.1) is 0 Å². The predicted molar refractivity (Wildman–Crippen MR) is 85.6 cm³/mol. The molecule has 1 saturated heterocycles. The van der Waals surface area contributed by atoms with Crippen molar-refractivity contribution in [3.63, 3.8) is 0 Å². The van der Waals surface area contributed by atoms with Gasteiger partial charge in [0.1, 0.15) is 0 Å². The van der Waals surface area contributed by atoms with Crippen molar-refractivity contribution in [3.05, 3.63) is 23.2 Å². The Morgan fingerprint density at radius 3 is 2.73 bits per heavy atom. The van der Waals surface area contributed by atoms with Gasteiger partial charge in [0.25, 0.3) is 0 Å². The molecule has 0 spiro atoms. The maximum absolute atomic E-state index is 11.7. The van der Waals surface area contributed by atoms with Crippen LogP contribution in [-0.2, 0) is 9.53 Å². The number of ether oxygens (including phenoxy) is 1. The molecule has 0 unspecified atom stereocenters. The van der Waals surface area contributed by atoms with Crippen LogP contribution in [0.2, 0.25) is 5.02 Å². The van der Waals surface area contributed by atoms with Gasteiger partial charge < -0.3 is 20.3 Å². The molecule has 120 valence electrons. The van der Waals surface area contributed by atoms with Gasteiger partial charge in [-0.2, -0.15) is 0 Å². The molecule has 0 saturated carbocycles. The van der Waals surface area contributed by atoms with E-state index in [2.05, 4.69) is 20.9 Å². The summed E-state index contributed by atoms with van der Waals surface area (Å²) in [7, 11) is 1.45. The van der Waals surface area contributed by atoms with Gasteiger partial charge in [-0.05, 0) is 12.1 Å². The number of rotatable bonds is 4. The van der Waals surface area contributed by atoms with Crippen molar-refractivity contribution in [2.24, 2.45) is 0 Å². The van der Waals surface area contributed by atoms with Crippen LogP contribution in [0.25, 0.3) is 0 Å². The number of benzene rings is 1. The molecule has 1 aromatic carbocycles. The lowest BCUT2D eigenvalue weighted by molar-refractivity contribution is -0.118. The molecule has 3 N–H and O–H groups in total. The molecule has 0 radical (unpaired) electrons. The van der Waals surface area contributed by atoms with E-state index in [0.717, 1.165) is 24.5 Å². The SMILES string of the molecule is CNC(=O)NC(=O)CNc1cccc(Cl)c1N1CCOCC1. The Balaban J connectivity index is 2.05. The van der Waals surface area contributed by atoms with E-state index in [-0.39, 0.29) is 6.54 Å². The lowest BCUT2D eigenvalue weighted by atomic mass is 10.2. The van der Waals surface area contributed by atoms with Crippen molar-refractivity contribution in [2.45, 2.75) is 0 Å². The first-order chi connectivity index (χ1) is 10.6. The van der Waals surface area contributed by atoms with E-state index in [4.69, 9.17) is 16.3 Å². The van der Waals surface area contributed by atoms with E-state index >= 15 is 0 Å². The monoisotopic (exact) mass is 326 g/mol. The smallest absolute Gasteiger partial charge is 0.321 e. The van der Waals surface area contributed by atoms with Gasteiger partial charge in [-0.25, -0.2) is 4.79 Å². The van der Waals surface area contributed by atoms with Gasteiger partial charge in [-0.15, -0.1) is 0 Å². The molecule has 1 aromatic rings. The maximum atomic E-state index is 11.7. The molecule has 1 heterocycles. The fourth-order valence-electron chi connectivity index (χ4n) is 2.18. The lowest BCUT2D eigenvalue weighted by Gasteiger charge is -2.31. The number of imide groups is 1. The maximum Gasteiger partial charge on any atom is 0.321 e. The van der Waals surface area contributed by atoms with Crippen molar-refractivity contribution in [2.75, 3.05) is 50.1 Å². The van der Waals surface area contributed by atoms with Crippen molar-refractivity contribution >= 4 is 34.9 Å². The standard InChI is InChI=1S/C14H19ClN4O3/c1-16-14(21)18-12(20)9-17-11-4-2-3-10(15)13(11)19-5-7-22-8-6-19/h2-4,17H,5-9H2,1H3,(H2,16,18,20,21). The van der Waals surface area contributed by atoms with E-state index < -0.39 is 11.9 Å². The minimum Gasteiger partial charge on any atom is -0.378 e. The van der Waals surface area contributed by atoms with Crippen LogP contribution in [0.15, 0.2) is 18.2 Å². The molecule has 7 nitrogen and oxygen atoms in total. The molecule has 1 fully saturated rings. The molecule has 0 aromatic heterocycles. The zero-order valence-corrected chi connectivity index (χ0v) is 13.1. The van der Waals surface area contributed by atoms with Crippen LogP contribution in [0.1, 0.15) is 0 Å². The minimum atomic E-state index is -0.536. The highest BCUT2D eigenvalue weighted by Gasteiger charge is 2.18. The van der Waals surface area contributed by atoms with E-state index in [1.165, 1.54) is 7.05 Å². The summed E-state index contributed by atoms with van der Waals surface area (Å²) in [6.45, 7) is 2.74. The third-order valence-corrected chi connectivity index (χ3v) is 3.54. The van der Waals surface area contributed by atoms with Crippen LogP contribution < -0.4 is 20.9 Å². The largest absolute Gasteiger partial charge is 0.378 e. The molecule has 3 amide bonds. The second kappa shape index (κ2) is 7.86. The van der Waals surface area contributed by atoms with Gasteiger partial charge in [-0.1, -0.05) is 17.7 Å². The van der Waals surface area contributed by atoms with E-state index in [1.54, 1.807) is 0 Å². The molecule has 22 heavy (non-hydrogen) atoms. The first-order valence-electron chi connectivity index (χ1n) is 6.98. The Kier molecular flexibility index (Phi) is 5.85. The van der Waals surface area contributed by atoms with Crippen LogP contribution >= 0.6 is 11.6 Å². The molecular weight excluding hydrogens is 308 g/mol. The summed E-state index contributed by atoms with van der Waals surface area (Å²) in [6, 6.07) is 4.93. The zero-order valence-electron chi connectivity index (χ0n) is 12.3. The second-order valence-electron chi connectivity index (χ2n) is 4.72. The van der Waals surface area contributed by atoms with Crippen LogP contribution in [0.5, 0.6) is 0 Å². The summed E-state index contributed by atoms with van der Waals surface area (Å²) in [6.07, 6.45) is 0. The molecule has 8 heteroatoms. The van der Waals surface area contributed by atoms with Crippen molar-refractivity contribution in [3.8, 4) is 0 Å². The third kappa shape index (κ3) is 4.25. The van der Waals surface area contributed by atoms with Gasteiger partial charge in [0.05, 0.1) is 36.2 Å². The molecule has 1 aliphatic rings. The van der Waals surface area contributed by atoms with Gasteiger partial charge in [-0.3, -0.25) is 10.1 Å². The highest BCUT2D eigenvalue weighted by Crippen LogP contribution is 2.34. The van der Waals surface area contributed by atoms with Crippen molar-refractivity contribution in [1.29, 1.82) is 0 Å². The number of urea groups is 1. The Labute approximate surface area is 133 Å². The quantitative estimate of drug-likeness (QED) is 0.770. The fraction of sp³-hybridized carbons (Fsp3) is 0.429. The topological polar surface area (TPSA) is 82.7 Å². The Morgan fingerprint density at radius 2 is 2.05 bits per heavy atom. The van der Waals surface area contributed by atoms with Crippen LogP contribution in [-0.4, -0.2) is 51.8 Å². The number of amides is 3. The van der Waals surface area contributed by atoms with Crippen LogP contribution in [0.3, 0.4) is 0 Å². The number of morpholine rings is 1. The molecule has 0 atom stereocenters. The number of para-hydroxylation sites is 1. The average Bonchev–Trinajstić information content (AvgIpc) is 2.53. The summed E-state index contributed by atoms with van der Waals surface area (Å²) < 4.78 is 5.34. The normalized spacial score (nSPS) is 14.4. The number of hydrogen-bond acceptors (Lipinski definition) is 5. The first-order valence-corrected chi connectivity index (χ1v) is 7.36. The van der Waals surface area contributed by atoms with E-state index in [0.29, 0.717) is 18.2 Å². The molecule has 2 rings (SSSR count). The molecule has 0 bridgehead atoms. The third-order valence-electron chi connectivity index (χ3n) is 3.23. The van der Waals surface area contributed by atoms with Crippen molar-refractivity contribution < 1.29 is 14.3 Å². The first kappa shape index (κ1) is 16.4. The number of carbonyl (C=O) groups is 2. The van der Waals surface area contributed by atoms with E-state index in [1.807, 2.05) is 18.2 Å². The average molecular weight is 327 g/mol. The number of carbonyl (C=O) groups excluding carboxylic acids is 2. The zero-order chi connectivity index (χ0) is 15.9. The Hall–Kier alpha value is -1.99. The second-order valence-corrected chi connectivity index (χ2v) is 5.12. The lowest BCUT2D eigenvalue weighted by Crippen LogP contribution is -2.40. The summed E-state index contributed by atoms with van der Waals surface area (Å²) in [5.74, 6) is -0.424. The van der Waals surface area contributed by atoms with Gasteiger partial charge in [0.15, 0.2) is 0 Å². The number of halogens is 1. The number of anilines is 2. The summed E-state index contributed by atoms with van der Waals surface area (Å²) >= 11 is 6.30. The fourth-order valence-corrected chi connectivity index (χ4v) is 2.47. The minimum absolute atomic E-state index is 0.0227. The summed E-state index contributed by atoms with van der Waals surface area (Å²) in [5, 5.41) is 8.15. The molecular formula is C14H19ClN4O3. The predicted octanol–water partition coefficient (Wildman–Crippen LogP) is 1.04. The number of nitrogens with zero attached hydrogens (tertiary/aromatic N) is 1. The van der Waals surface area contributed by atoms with Gasteiger partial charge in [0, 0.05) is 20.1 Å². The highest BCUT2D eigenvalue weighted by molar-refractivity contribution is 6.34. The highest BCUT2D eigenvalue weighted by atomic mass is 35.5. The molecule has 0 aliphatic carbocycles.